The monoisotopic (exact) mass is 275 g/mol. The highest BCUT2D eigenvalue weighted by molar-refractivity contribution is 6.17. The summed E-state index contributed by atoms with van der Waals surface area (Å²) in [7, 11) is 0. The summed E-state index contributed by atoms with van der Waals surface area (Å²) in [5, 5.41) is 8.67. The number of halogens is 2. The molecule has 2 aromatic carbocycles. The van der Waals surface area contributed by atoms with Crippen LogP contribution in [0.15, 0.2) is 36.4 Å². The van der Waals surface area contributed by atoms with Gasteiger partial charge in [-0.1, -0.05) is 12.1 Å². The molecular formula is C15H11ClFNO. The van der Waals surface area contributed by atoms with Crippen LogP contribution in [0.5, 0.6) is 11.5 Å². The number of nitriles is 1. The summed E-state index contributed by atoms with van der Waals surface area (Å²) < 4.78 is 19.2. The van der Waals surface area contributed by atoms with E-state index in [1.165, 1.54) is 12.1 Å². The minimum atomic E-state index is -0.556. The van der Waals surface area contributed by atoms with Crippen molar-refractivity contribution in [2.24, 2.45) is 0 Å². The molecule has 4 heteroatoms. The maximum Gasteiger partial charge on any atom is 0.167 e. The van der Waals surface area contributed by atoms with Crippen LogP contribution in [0.25, 0.3) is 0 Å². The smallest absolute Gasteiger partial charge is 0.167 e. The van der Waals surface area contributed by atoms with Crippen LogP contribution in [0, 0.1) is 24.1 Å². The Bertz CT molecular complexity index is 649. The topological polar surface area (TPSA) is 33.0 Å². The fraction of sp³-hybridized carbons (Fsp3) is 0.133. The summed E-state index contributed by atoms with van der Waals surface area (Å²) >= 11 is 5.74. The van der Waals surface area contributed by atoms with Gasteiger partial charge in [0, 0.05) is 5.88 Å². The molecule has 0 unspecified atom stereocenters. The van der Waals surface area contributed by atoms with E-state index in [4.69, 9.17) is 21.6 Å². The molecule has 2 nitrogen and oxygen atoms in total. The van der Waals surface area contributed by atoms with E-state index < -0.39 is 5.82 Å². The van der Waals surface area contributed by atoms with Gasteiger partial charge in [-0.2, -0.15) is 5.26 Å². The van der Waals surface area contributed by atoms with E-state index in [-0.39, 0.29) is 11.3 Å². The number of hydrogen-bond acceptors (Lipinski definition) is 2. The van der Waals surface area contributed by atoms with E-state index in [9.17, 15) is 4.39 Å². The molecule has 0 saturated carbocycles. The van der Waals surface area contributed by atoms with Crippen LogP contribution < -0.4 is 4.74 Å². The van der Waals surface area contributed by atoms with Crippen LogP contribution in [0.1, 0.15) is 16.7 Å². The van der Waals surface area contributed by atoms with Crippen molar-refractivity contribution in [2.45, 2.75) is 12.8 Å². The third-order valence-electron chi connectivity index (χ3n) is 2.67. The number of alkyl halides is 1. The van der Waals surface area contributed by atoms with E-state index >= 15 is 0 Å². The number of benzene rings is 2. The first-order valence-electron chi connectivity index (χ1n) is 5.67. The molecular weight excluding hydrogens is 265 g/mol. The Balaban J connectivity index is 2.29. The van der Waals surface area contributed by atoms with Crippen molar-refractivity contribution in [1.82, 2.24) is 0 Å². The van der Waals surface area contributed by atoms with Crippen LogP contribution in [-0.4, -0.2) is 0 Å². The molecule has 19 heavy (non-hydrogen) atoms. The zero-order valence-corrected chi connectivity index (χ0v) is 11.0. The zero-order valence-electron chi connectivity index (χ0n) is 10.3. The summed E-state index contributed by atoms with van der Waals surface area (Å²) in [5.74, 6) is 0.532. The zero-order chi connectivity index (χ0) is 13.8. The Hall–Kier alpha value is -2.05. The molecule has 0 amide bonds. The lowest BCUT2D eigenvalue weighted by Crippen LogP contribution is -1.92. The molecule has 0 spiro atoms. The molecule has 0 aromatic heterocycles. The fourth-order valence-electron chi connectivity index (χ4n) is 1.68. The second-order valence-corrected chi connectivity index (χ2v) is 4.36. The molecule has 0 aliphatic rings. The highest BCUT2D eigenvalue weighted by Crippen LogP contribution is 2.28. The summed E-state index contributed by atoms with van der Waals surface area (Å²) in [6, 6.07) is 11.5. The lowest BCUT2D eigenvalue weighted by Gasteiger charge is -2.10. The van der Waals surface area contributed by atoms with Gasteiger partial charge in [-0.3, -0.25) is 0 Å². The molecule has 0 saturated heterocycles. The Kier molecular flexibility index (Phi) is 4.03. The van der Waals surface area contributed by atoms with E-state index in [0.29, 0.717) is 11.6 Å². The van der Waals surface area contributed by atoms with Crippen LogP contribution in [0.4, 0.5) is 4.39 Å². The minimum Gasteiger partial charge on any atom is -0.454 e. The van der Waals surface area contributed by atoms with Gasteiger partial charge < -0.3 is 4.74 Å². The van der Waals surface area contributed by atoms with Crippen molar-refractivity contribution >= 4 is 11.6 Å². The third-order valence-corrected chi connectivity index (χ3v) is 2.98. The molecule has 0 N–H and O–H groups in total. The molecule has 96 valence electrons. The summed E-state index contributed by atoms with van der Waals surface area (Å²) in [6.45, 7) is 1.87. The van der Waals surface area contributed by atoms with Gasteiger partial charge in [-0.05, 0) is 42.3 Å². The van der Waals surface area contributed by atoms with Crippen molar-refractivity contribution in [2.75, 3.05) is 0 Å². The average Bonchev–Trinajstić information content (AvgIpc) is 2.42. The number of hydrogen-bond donors (Lipinski definition) is 0. The van der Waals surface area contributed by atoms with Crippen molar-refractivity contribution in [1.29, 1.82) is 5.26 Å². The van der Waals surface area contributed by atoms with Gasteiger partial charge in [0.05, 0.1) is 11.6 Å². The maximum atomic E-state index is 13.7. The Morgan fingerprint density at radius 1 is 1.21 bits per heavy atom. The van der Waals surface area contributed by atoms with Gasteiger partial charge in [0.25, 0.3) is 0 Å². The Labute approximate surface area is 116 Å². The molecule has 0 heterocycles. The Morgan fingerprint density at radius 2 is 1.95 bits per heavy atom. The van der Waals surface area contributed by atoms with Crippen LogP contribution in [0.2, 0.25) is 0 Å². The predicted octanol–water partition coefficient (Wildman–Crippen LogP) is 4.54. The first-order chi connectivity index (χ1) is 9.13. The molecule has 0 atom stereocenters. The van der Waals surface area contributed by atoms with Crippen molar-refractivity contribution in [3.8, 4) is 17.6 Å². The van der Waals surface area contributed by atoms with E-state index in [1.54, 1.807) is 6.07 Å². The standard InChI is InChI=1S/C15H11ClFNO/c1-10-6-11(8-16)2-4-14(10)19-15-5-3-12(9-18)7-13(15)17/h2-7H,8H2,1H3. The second-order valence-electron chi connectivity index (χ2n) is 4.09. The maximum absolute atomic E-state index is 13.7. The van der Waals surface area contributed by atoms with E-state index in [1.807, 2.05) is 25.1 Å². The molecule has 0 radical (unpaired) electrons. The van der Waals surface area contributed by atoms with Gasteiger partial charge in [0.15, 0.2) is 11.6 Å². The lowest BCUT2D eigenvalue weighted by atomic mass is 10.1. The molecule has 0 aliphatic heterocycles. The number of rotatable bonds is 3. The summed E-state index contributed by atoms with van der Waals surface area (Å²) in [5.41, 5.74) is 2.12. The predicted molar refractivity (Wildman–Crippen MR) is 71.9 cm³/mol. The van der Waals surface area contributed by atoms with Crippen molar-refractivity contribution in [3.63, 3.8) is 0 Å². The van der Waals surface area contributed by atoms with Gasteiger partial charge in [0.2, 0.25) is 0 Å². The summed E-state index contributed by atoms with van der Waals surface area (Å²) in [6.07, 6.45) is 0. The van der Waals surface area contributed by atoms with Crippen LogP contribution in [0.3, 0.4) is 0 Å². The van der Waals surface area contributed by atoms with Gasteiger partial charge in [-0.15, -0.1) is 11.6 Å². The van der Waals surface area contributed by atoms with E-state index in [0.717, 1.165) is 17.2 Å². The number of ether oxygens (including phenoxy) is 1. The number of aryl methyl sites for hydroxylation is 1. The molecule has 0 aliphatic carbocycles. The lowest BCUT2D eigenvalue weighted by molar-refractivity contribution is 0.439. The molecule has 0 fully saturated rings. The second kappa shape index (κ2) is 5.73. The van der Waals surface area contributed by atoms with Gasteiger partial charge >= 0.3 is 0 Å². The molecule has 0 bridgehead atoms. The number of nitrogens with zero attached hydrogens (tertiary/aromatic N) is 1. The van der Waals surface area contributed by atoms with Crippen LogP contribution in [-0.2, 0) is 5.88 Å². The largest absolute Gasteiger partial charge is 0.454 e. The summed E-state index contributed by atoms with van der Waals surface area (Å²) in [4.78, 5) is 0. The fourth-order valence-corrected chi connectivity index (χ4v) is 1.85. The van der Waals surface area contributed by atoms with Crippen molar-refractivity contribution < 1.29 is 9.13 Å². The molecule has 2 rings (SSSR count). The molecule has 2 aromatic rings. The van der Waals surface area contributed by atoms with Crippen LogP contribution >= 0.6 is 11.6 Å². The van der Waals surface area contributed by atoms with Crippen molar-refractivity contribution in [3.05, 3.63) is 58.9 Å². The van der Waals surface area contributed by atoms with E-state index in [2.05, 4.69) is 0 Å². The van der Waals surface area contributed by atoms with Gasteiger partial charge in [-0.25, -0.2) is 4.39 Å². The third kappa shape index (κ3) is 3.04. The minimum absolute atomic E-state index is 0.0979. The highest BCUT2D eigenvalue weighted by Gasteiger charge is 2.08. The van der Waals surface area contributed by atoms with Gasteiger partial charge in [0.1, 0.15) is 5.75 Å². The SMILES string of the molecule is Cc1cc(CCl)ccc1Oc1ccc(C#N)cc1F. The quantitative estimate of drug-likeness (QED) is 0.771. The Morgan fingerprint density at radius 3 is 2.53 bits per heavy atom. The first-order valence-corrected chi connectivity index (χ1v) is 6.20. The first kappa shape index (κ1) is 13.4. The highest BCUT2D eigenvalue weighted by atomic mass is 35.5. The normalized spacial score (nSPS) is 10.0. The average molecular weight is 276 g/mol.